The van der Waals surface area contributed by atoms with Crippen molar-refractivity contribution in [1.82, 2.24) is 5.32 Å². The molecular formula is C16H23ClN2O3. The van der Waals surface area contributed by atoms with E-state index in [0.717, 1.165) is 19.4 Å². The highest BCUT2D eigenvalue weighted by Gasteiger charge is 2.19. The van der Waals surface area contributed by atoms with Crippen LogP contribution in [0.25, 0.3) is 0 Å². The van der Waals surface area contributed by atoms with Crippen LogP contribution in [0, 0.1) is 0 Å². The number of nitrogens with one attached hydrogen (secondary N) is 2. The molecule has 1 aromatic carbocycles. The third-order valence-electron chi connectivity index (χ3n) is 3.51. The van der Waals surface area contributed by atoms with Gasteiger partial charge in [0.15, 0.2) is 5.75 Å². The van der Waals surface area contributed by atoms with E-state index in [1.165, 1.54) is 0 Å². The van der Waals surface area contributed by atoms with Gasteiger partial charge in [-0.05, 0) is 38.4 Å². The Kier molecular flexibility index (Phi) is 6.96. The first-order valence-electron chi connectivity index (χ1n) is 7.73. The molecule has 0 aliphatic carbocycles. The zero-order valence-corrected chi connectivity index (χ0v) is 13.6. The van der Waals surface area contributed by atoms with Crippen molar-refractivity contribution >= 4 is 23.2 Å². The molecule has 1 heterocycles. The second kappa shape index (κ2) is 8.98. The molecule has 0 spiro atoms. The summed E-state index contributed by atoms with van der Waals surface area (Å²) < 4.78 is 10.9. The number of hydrogen-bond acceptors (Lipinski definition) is 4. The molecule has 0 saturated carbocycles. The number of carbonyl (C=O) groups is 1. The first-order chi connectivity index (χ1) is 10.7. The monoisotopic (exact) mass is 326 g/mol. The van der Waals surface area contributed by atoms with E-state index in [2.05, 4.69) is 10.6 Å². The molecule has 2 rings (SSSR count). The van der Waals surface area contributed by atoms with Gasteiger partial charge in [-0.3, -0.25) is 4.79 Å². The van der Waals surface area contributed by atoms with Gasteiger partial charge in [0, 0.05) is 19.1 Å². The van der Waals surface area contributed by atoms with Crippen molar-refractivity contribution in [2.75, 3.05) is 31.7 Å². The second-order valence-electron chi connectivity index (χ2n) is 5.21. The summed E-state index contributed by atoms with van der Waals surface area (Å²) in [7, 11) is 0. The summed E-state index contributed by atoms with van der Waals surface area (Å²) in [6.45, 7) is 4.44. The average Bonchev–Trinajstić information content (AvgIpc) is 2.98. The number of amides is 1. The lowest BCUT2D eigenvalue weighted by Gasteiger charge is -2.15. The van der Waals surface area contributed by atoms with E-state index in [0.29, 0.717) is 42.7 Å². The van der Waals surface area contributed by atoms with Crippen molar-refractivity contribution in [3.05, 3.63) is 23.2 Å². The number of benzene rings is 1. The molecular weight excluding hydrogens is 304 g/mol. The summed E-state index contributed by atoms with van der Waals surface area (Å²) in [5.74, 6) is 0.466. The van der Waals surface area contributed by atoms with Gasteiger partial charge in [0.1, 0.15) is 6.61 Å². The van der Waals surface area contributed by atoms with E-state index in [1.807, 2.05) is 6.92 Å². The second-order valence-corrected chi connectivity index (χ2v) is 5.61. The fourth-order valence-electron chi connectivity index (χ4n) is 2.46. The number of hydrogen-bond donors (Lipinski definition) is 2. The average molecular weight is 327 g/mol. The van der Waals surface area contributed by atoms with E-state index in [-0.39, 0.29) is 11.9 Å². The van der Waals surface area contributed by atoms with Crippen LogP contribution in [0.4, 0.5) is 5.69 Å². The van der Waals surface area contributed by atoms with Crippen molar-refractivity contribution in [3.63, 3.8) is 0 Å². The minimum atomic E-state index is -0.0312. The molecule has 22 heavy (non-hydrogen) atoms. The molecule has 1 aliphatic heterocycles. The summed E-state index contributed by atoms with van der Waals surface area (Å²) in [6.07, 6.45) is 2.63. The molecule has 1 aliphatic rings. The Morgan fingerprint density at radius 1 is 1.45 bits per heavy atom. The van der Waals surface area contributed by atoms with Crippen LogP contribution in [-0.2, 0) is 9.53 Å². The Labute approximate surface area is 136 Å². The van der Waals surface area contributed by atoms with E-state index in [4.69, 9.17) is 21.1 Å². The zero-order valence-electron chi connectivity index (χ0n) is 12.9. The molecule has 122 valence electrons. The molecule has 0 radical (unpaired) electrons. The molecule has 0 bridgehead atoms. The smallest absolute Gasteiger partial charge is 0.226 e. The van der Waals surface area contributed by atoms with Crippen molar-refractivity contribution in [2.24, 2.45) is 0 Å². The molecule has 2 N–H and O–H groups in total. The van der Waals surface area contributed by atoms with Crippen molar-refractivity contribution in [3.8, 4) is 5.75 Å². The van der Waals surface area contributed by atoms with Gasteiger partial charge in [-0.1, -0.05) is 17.7 Å². The molecule has 5 nitrogen and oxygen atoms in total. The van der Waals surface area contributed by atoms with Crippen LogP contribution in [0.15, 0.2) is 18.2 Å². The van der Waals surface area contributed by atoms with E-state index in [1.54, 1.807) is 18.2 Å². The minimum absolute atomic E-state index is 0.0312. The van der Waals surface area contributed by atoms with Crippen molar-refractivity contribution in [1.29, 1.82) is 0 Å². The van der Waals surface area contributed by atoms with Crippen molar-refractivity contribution < 1.29 is 14.3 Å². The van der Waals surface area contributed by atoms with Gasteiger partial charge in [0.25, 0.3) is 0 Å². The predicted octanol–water partition coefficient (Wildman–Crippen LogP) is 2.84. The summed E-state index contributed by atoms with van der Waals surface area (Å²) in [5, 5.41) is 6.68. The Balaban J connectivity index is 1.93. The SMILES string of the molecule is CCOCCOc1c(Cl)cccc1NC(=O)CC1CCCN1. The summed E-state index contributed by atoms with van der Waals surface area (Å²) in [6, 6.07) is 5.59. The molecule has 1 unspecified atom stereocenters. The minimum Gasteiger partial charge on any atom is -0.487 e. The summed E-state index contributed by atoms with van der Waals surface area (Å²) in [5.41, 5.74) is 0.604. The fourth-order valence-corrected chi connectivity index (χ4v) is 2.69. The van der Waals surface area contributed by atoms with Gasteiger partial charge in [-0.15, -0.1) is 0 Å². The predicted molar refractivity (Wildman–Crippen MR) is 87.7 cm³/mol. The van der Waals surface area contributed by atoms with Gasteiger partial charge in [-0.25, -0.2) is 0 Å². The highest BCUT2D eigenvalue weighted by Crippen LogP contribution is 2.33. The Hall–Kier alpha value is -1.30. The van der Waals surface area contributed by atoms with Crippen LogP contribution in [0.3, 0.4) is 0 Å². The molecule has 1 atom stereocenters. The normalized spacial score (nSPS) is 17.5. The lowest BCUT2D eigenvalue weighted by atomic mass is 10.1. The molecule has 1 amide bonds. The highest BCUT2D eigenvalue weighted by molar-refractivity contribution is 6.32. The molecule has 6 heteroatoms. The third kappa shape index (κ3) is 5.16. The topological polar surface area (TPSA) is 59.6 Å². The lowest BCUT2D eigenvalue weighted by molar-refractivity contribution is -0.116. The van der Waals surface area contributed by atoms with Gasteiger partial charge >= 0.3 is 0 Å². The van der Waals surface area contributed by atoms with Crippen LogP contribution < -0.4 is 15.4 Å². The van der Waals surface area contributed by atoms with Crippen LogP contribution >= 0.6 is 11.6 Å². The summed E-state index contributed by atoms with van der Waals surface area (Å²) in [4.78, 5) is 12.1. The Bertz CT molecular complexity index is 490. The number of halogens is 1. The van der Waals surface area contributed by atoms with Crippen LogP contribution in [0.5, 0.6) is 5.75 Å². The highest BCUT2D eigenvalue weighted by atomic mass is 35.5. The first kappa shape index (κ1) is 17.1. The van der Waals surface area contributed by atoms with Gasteiger partial charge in [0.05, 0.1) is 17.3 Å². The Morgan fingerprint density at radius 2 is 2.32 bits per heavy atom. The Morgan fingerprint density at radius 3 is 3.05 bits per heavy atom. The first-order valence-corrected chi connectivity index (χ1v) is 8.10. The van der Waals surface area contributed by atoms with Crippen LogP contribution in [0.2, 0.25) is 5.02 Å². The van der Waals surface area contributed by atoms with E-state index < -0.39 is 0 Å². The van der Waals surface area contributed by atoms with Crippen molar-refractivity contribution in [2.45, 2.75) is 32.2 Å². The van der Waals surface area contributed by atoms with Gasteiger partial charge < -0.3 is 20.1 Å². The standard InChI is InChI=1S/C16H23ClN2O3/c1-2-21-9-10-22-16-13(17)6-3-7-14(16)19-15(20)11-12-5-4-8-18-12/h3,6-7,12,18H,2,4-5,8-11H2,1H3,(H,19,20). The number of para-hydroxylation sites is 1. The maximum absolute atomic E-state index is 12.1. The molecule has 1 saturated heterocycles. The third-order valence-corrected chi connectivity index (χ3v) is 3.81. The number of carbonyl (C=O) groups excluding carboxylic acids is 1. The summed E-state index contributed by atoms with van der Waals surface area (Å²) >= 11 is 6.17. The van der Waals surface area contributed by atoms with Gasteiger partial charge in [-0.2, -0.15) is 0 Å². The quantitative estimate of drug-likeness (QED) is 0.721. The molecule has 1 fully saturated rings. The maximum Gasteiger partial charge on any atom is 0.226 e. The van der Waals surface area contributed by atoms with E-state index >= 15 is 0 Å². The van der Waals surface area contributed by atoms with Gasteiger partial charge in [0.2, 0.25) is 5.91 Å². The van der Waals surface area contributed by atoms with E-state index in [9.17, 15) is 4.79 Å². The fraction of sp³-hybridized carbons (Fsp3) is 0.562. The lowest BCUT2D eigenvalue weighted by Crippen LogP contribution is -2.27. The number of anilines is 1. The van der Waals surface area contributed by atoms with Crippen LogP contribution in [-0.4, -0.2) is 38.3 Å². The number of rotatable bonds is 8. The number of ether oxygens (including phenoxy) is 2. The van der Waals surface area contributed by atoms with Crippen LogP contribution in [0.1, 0.15) is 26.2 Å². The molecule has 0 aromatic heterocycles. The largest absolute Gasteiger partial charge is 0.487 e. The molecule has 1 aromatic rings. The maximum atomic E-state index is 12.1. The zero-order chi connectivity index (χ0) is 15.8.